The van der Waals surface area contributed by atoms with Gasteiger partial charge >= 0.3 is 6.03 Å². The number of piperidine rings is 1. The Morgan fingerprint density at radius 2 is 2.00 bits per heavy atom. The molecule has 1 aliphatic heterocycles. The number of nitrogens with zero attached hydrogens (tertiary/aromatic N) is 1. The number of likely N-dealkylation sites (tertiary alicyclic amines) is 1. The average molecular weight is 341 g/mol. The van der Waals surface area contributed by atoms with Crippen LogP contribution in [0, 0.1) is 0 Å². The maximum absolute atomic E-state index is 12.2. The number of rotatable bonds is 6. The second-order valence-electron chi connectivity index (χ2n) is 5.71. The summed E-state index contributed by atoms with van der Waals surface area (Å²) in [6.45, 7) is 6.60. The van der Waals surface area contributed by atoms with Crippen molar-refractivity contribution in [3.8, 4) is 5.75 Å². The van der Waals surface area contributed by atoms with Crippen LogP contribution in [-0.2, 0) is 4.74 Å². The first-order valence-electron chi connectivity index (χ1n) is 8.15. The molecule has 6 heteroatoms. The number of amides is 2. The van der Waals surface area contributed by atoms with E-state index in [2.05, 4.69) is 5.32 Å². The van der Waals surface area contributed by atoms with Crippen LogP contribution in [0.3, 0.4) is 0 Å². The van der Waals surface area contributed by atoms with Crippen molar-refractivity contribution in [2.45, 2.75) is 38.9 Å². The molecule has 0 aliphatic carbocycles. The highest BCUT2D eigenvalue weighted by atomic mass is 35.5. The summed E-state index contributed by atoms with van der Waals surface area (Å²) in [7, 11) is 0. The third-order valence-electron chi connectivity index (χ3n) is 3.82. The van der Waals surface area contributed by atoms with Crippen LogP contribution in [0.4, 0.5) is 4.79 Å². The van der Waals surface area contributed by atoms with Crippen LogP contribution in [0.15, 0.2) is 24.3 Å². The molecule has 1 aliphatic rings. The van der Waals surface area contributed by atoms with Crippen molar-refractivity contribution in [2.24, 2.45) is 0 Å². The fourth-order valence-electron chi connectivity index (χ4n) is 2.59. The summed E-state index contributed by atoms with van der Waals surface area (Å²) >= 11 is 5.84. The molecule has 2 amide bonds. The molecular weight excluding hydrogens is 316 g/mol. The Balaban J connectivity index is 1.68. The molecule has 1 aromatic rings. The highest BCUT2D eigenvalue weighted by Crippen LogP contribution is 2.17. The fraction of sp³-hybridized carbons (Fsp3) is 0.588. The molecule has 23 heavy (non-hydrogen) atoms. The van der Waals surface area contributed by atoms with E-state index >= 15 is 0 Å². The Kier molecular flexibility index (Phi) is 6.99. The van der Waals surface area contributed by atoms with Gasteiger partial charge in [-0.25, -0.2) is 4.79 Å². The van der Waals surface area contributed by atoms with Gasteiger partial charge in [-0.05, 0) is 51.0 Å². The van der Waals surface area contributed by atoms with E-state index in [0.717, 1.165) is 38.3 Å². The number of nitrogens with one attached hydrogen (secondary N) is 1. The van der Waals surface area contributed by atoms with E-state index in [-0.39, 0.29) is 18.2 Å². The van der Waals surface area contributed by atoms with E-state index in [9.17, 15) is 4.79 Å². The molecule has 0 spiro atoms. The lowest BCUT2D eigenvalue weighted by Gasteiger charge is -2.32. The molecule has 0 saturated carbocycles. The Morgan fingerprint density at radius 1 is 1.35 bits per heavy atom. The number of carbonyl (C=O) groups is 1. The first kappa shape index (κ1) is 17.9. The van der Waals surface area contributed by atoms with Gasteiger partial charge < -0.3 is 19.7 Å². The molecule has 2 rings (SSSR count). The zero-order valence-corrected chi connectivity index (χ0v) is 14.5. The highest BCUT2D eigenvalue weighted by molar-refractivity contribution is 6.30. The lowest BCUT2D eigenvalue weighted by Crippen LogP contribution is -2.47. The number of carbonyl (C=O) groups excluding carboxylic acids is 1. The first-order valence-corrected chi connectivity index (χ1v) is 8.53. The number of urea groups is 1. The lowest BCUT2D eigenvalue weighted by molar-refractivity contribution is 0.0218. The Bertz CT molecular complexity index is 487. The second kappa shape index (κ2) is 8.99. The summed E-state index contributed by atoms with van der Waals surface area (Å²) in [4.78, 5) is 14.0. The van der Waals surface area contributed by atoms with E-state index in [0.29, 0.717) is 11.6 Å². The highest BCUT2D eigenvalue weighted by Gasteiger charge is 2.23. The molecule has 1 fully saturated rings. The Labute approximate surface area is 142 Å². The molecule has 1 aromatic carbocycles. The monoisotopic (exact) mass is 340 g/mol. The van der Waals surface area contributed by atoms with Crippen molar-refractivity contribution in [3.63, 3.8) is 0 Å². The fourth-order valence-corrected chi connectivity index (χ4v) is 2.72. The van der Waals surface area contributed by atoms with E-state index < -0.39 is 0 Å². The SMILES string of the molecule is CCOC1CCN(C(=O)NC[C@@H](C)Oc2ccc(Cl)cc2)CC1. The number of ether oxygens (including phenoxy) is 2. The molecule has 1 saturated heterocycles. The summed E-state index contributed by atoms with van der Waals surface area (Å²) < 4.78 is 11.3. The minimum atomic E-state index is -0.110. The number of hydrogen-bond donors (Lipinski definition) is 1. The van der Waals surface area contributed by atoms with Gasteiger partial charge in [-0.15, -0.1) is 0 Å². The van der Waals surface area contributed by atoms with E-state index in [1.807, 2.05) is 30.9 Å². The van der Waals surface area contributed by atoms with Crippen molar-refractivity contribution in [2.75, 3.05) is 26.2 Å². The van der Waals surface area contributed by atoms with Crippen LogP contribution in [0.1, 0.15) is 26.7 Å². The summed E-state index contributed by atoms with van der Waals surface area (Å²) in [5.41, 5.74) is 0. The second-order valence-corrected chi connectivity index (χ2v) is 6.15. The van der Waals surface area contributed by atoms with E-state index in [4.69, 9.17) is 21.1 Å². The van der Waals surface area contributed by atoms with Crippen LogP contribution in [0.5, 0.6) is 5.75 Å². The maximum atomic E-state index is 12.2. The largest absolute Gasteiger partial charge is 0.489 e. The third-order valence-corrected chi connectivity index (χ3v) is 4.08. The smallest absolute Gasteiger partial charge is 0.317 e. The molecule has 1 N–H and O–H groups in total. The molecule has 1 atom stereocenters. The van der Waals surface area contributed by atoms with Crippen LogP contribution >= 0.6 is 11.6 Å². The van der Waals surface area contributed by atoms with Gasteiger partial charge in [0, 0.05) is 24.7 Å². The van der Waals surface area contributed by atoms with Crippen molar-refractivity contribution in [3.05, 3.63) is 29.3 Å². The molecule has 5 nitrogen and oxygen atoms in total. The molecule has 0 radical (unpaired) electrons. The van der Waals surface area contributed by atoms with Crippen molar-refractivity contribution >= 4 is 17.6 Å². The first-order chi connectivity index (χ1) is 11.1. The van der Waals surface area contributed by atoms with Crippen molar-refractivity contribution in [1.29, 1.82) is 0 Å². The Hall–Kier alpha value is -1.46. The molecule has 0 aromatic heterocycles. The van der Waals surface area contributed by atoms with Gasteiger partial charge in [-0.2, -0.15) is 0 Å². The van der Waals surface area contributed by atoms with E-state index in [1.165, 1.54) is 0 Å². The lowest BCUT2D eigenvalue weighted by atomic mass is 10.1. The summed E-state index contributed by atoms with van der Waals surface area (Å²) in [6.07, 6.45) is 1.98. The predicted octanol–water partition coefficient (Wildman–Crippen LogP) is 3.32. The van der Waals surface area contributed by atoms with E-state index in [1.54, 1.807) is 12.1 Å². The van der Waals surface area contributed by atoms with Crippen LogP contribution in [0.25, 0.3) is 0 Å². The topological polar surface area (TPSA) is 50.8 Å². The van der Waals surface area contributed by atoms with Gasteiger partial charge in [-0.3, -0.25) is 0 Å². The number of halogens is 1. The molecule has 128 valence electrons. The summed E-state index contributed by atoms with van der Waals surface area (Å²) in [6, 6.07) is 7.17. The molecule has 1 heterocycles. The maximum Gasteiger partial charge on any atom is 0.317 e. The van der Waals surface area contributed by atoms with Gasteiger partial charge in [-0.1, -0.05) is 11.6 Å². The van der Waals surface area contributed by atoms with Gasteiger partial charge in [0.05, 0.1) is 12.6 Å². The standard InChI is InChI=1S/C17H25ClN2O3/c1-3-22-15-8-10-20(11-9-15)17(21)19-12-13(2)23-16-6-4-14(18)5-7-16/h4-7,13,15H,3,8-12H2,1-2H3,(H,19,21)/t13-/m1/s1. The minimum absolute atomic E-state index is 0.0356. The van der Waals surface area contributed by atoms with Crippen LogP contribution in [0.2, 0.25) is 5.02 Å². The zero-order valence-electron chi connectivity index (χ0n) is 13.8. The van der Waals surface area contributed by atoms with Gasteiger partial charge in [0.15, 0.2) is 0 Å². The molecule has 0 unspecified atom stereocenters. The molecular formula is C17H25ClN2O3. The Morgan fingerprint density at radius 3 is 2.61 bits per heavy atom. The summed E-state index contributed by atoms with van der Waals surface area (Å²) in [5.74, 6) is 0.744. The van der Waals surface area contributed by atoms with Gasteiger partial charge in [0.1, 0.15) is 11.9 Å². The number of benzene rings is 1. The van der Waals surface area contributed by atoms with Crippen LogP contribution < -0.4 is 10.1 Å². The van der Waals surface area contributed by atoms with Gasteiger partial charge in [0.2, 0.25) is 0 Å². The third kappa shape index (κ3) is 5.92. The molecule has 0 bridgehead atoms. The summed E-state index contributed by atoms with van der Waals surface area (Å²) in [5, 5.41) is 3.60. The average Bonchev–Trinajstić information content (AvgIpc) is 2.56. The van der Waals surface area contributed by atoms with Crippen LogP contribution in [-0.4, -0.2) is 49.4 Å². The zero-order chi connectivity index (χ0) is 16.7. The quantitative estimate of drug-likeness (QED) is 0.864. The predicted molar refractivity (Wildman–Crippen MR) is 91.2 cm³/mol. The van der Waals surface area contributed by atoms with Gasteiger partial charge in [0.25, 0.3) is 0 Å². The number of hydrogen-bond acceptors (Lipinski definition) is 3. The van der Waals surface area contributed by atoms with Crippen molar-refractivity contribution < 1.29 is 14.3 Å². The minimum Gasteiger partial charge on any atom is -0.489 e. The normalized spacial score (nSPS) is 16.9. The van der Waals surface area contributed by atoms with Crippen molar-refractivity contribution in [1.82, 2.24) is 10.2 Å².